The molecule has 0 saturated heterocycles. The molecule has 2 amide bonds. The predicted octanol–water partition coefficient (Wildman–Crippen LogP) is -2.19. The number of ether oxygens (including phenoxy) is 1. The first-order chi connectivity index (χ1) is 12.1. The Hall–Kier alpha value is -2.68. The maximum absolute atomic E-state index is 11.9. The lowest BCUT2D eigenvalue weighted by molar-refractivity contribution is -0.409. The van der Waals surface area contributed by atoms with E-state index in [1.165, 1.54) is 6.92 Å². The number of carbonyl (C=O) groups excluding carboxylic acids is 4. The lowest BCUT2D eigenvalue weighted by Crippen LogP contribution is -2.71. The van der Waals surface area contributed by atoms with Crippen LogP contribution >= 0.6 is 0 Å². The highest BCUT2D eigenvalue weighted by Gasteiger charge is 2.23. The average Bonchev–Trinajstić information content (AvgIpc) is 2.56. The zero-order valence-electron chi connectivity index (χ0n) is 15.3. The van der Waals surface area contributed by atoms with E-state index in [9.17, 15) is 24.3 Å². The highest BCUT2D eigenvalue weighted by Crippen LogP contribution is 2.01. The van der Waals surface area contributed by atoms with Crippen LogP contribution in [0.2, 0.25) is 0 Å². The van der Waals surface area contributed by atoms with Gasteiger partial charge in [-0.05, 0) is 33.1 Å². The van der Waals surface area contributed by atoms with Gasteiger partial charge in [-0.15, -0.1) is 0 Å². The van der Waals surface area contributed by atoms with Gasteiger partial charge in [-0.25, -0.2) is 4.79 Å². The third-order valence-corrected chi connectivity index (χ3v) is 3.33. The molecule has 0 bridgehead atoms. The number of hydrogen-bond donors (Lipinski definition) is 3. The number of unbranched alkanes of at least 4 members (excludes halogenated alkanes) is 1. The molecule has 2 atom stereocenters. The SMILES string of the molecule is C=C(C)C(=O)NCCCC[C@H](NC(=O)[C@@H]([NH3+])COC(=O)C(=C)C)C(=O)[O-]. The minimum Gasteiger partial charge on any atom is -0.548 e. The molecule has 9 heteroatoms. The monoisotopic (exact) mass is 369 g/mol. The number of amides is 2. The summed E-state index contributed by atoms with van der Waals surface area (Å²) >= 11 is 0. The Labute approximate surface area is 152 Å². The molecule has 5 N–H and O–H groups in total. The summed E-state index contributed by atoms with van der Waals surface area (Å²) in [7, 11) is 0. The van der Waals surface area contributed by atoms with Crippen molar-refractivity contribution in [3.8, 4) is 0 Å². The summed E-state index contributed by atoms with van der Waals surface area (Å²) < 4.78 is 4.81. The molecule has 0 aliphatic rings. The lowest BCUT2D eigenvalue weighted by Gasteiger charge is -2.20. The number of hydrogen-bond acceptors (Lipinski definition) is 6. The van der Waals surface area contributed by atoms with Gasteiger partial charge in [0, 0.05) is 17.7 Å². The Balaban J connectivity index is 4.28. The van der Waals surface area contributed by atoms with Crippen LogP contribution in [0.1, 0.15) is 33.1 Å². The van der Waals surface area contributed by atoms with Crippen LogP contribution in [-0.4, -0.2) is 49.0 Å². The smallest absolute Gasteiger partial charge is 0.333 e. The largest absolute Gasteiger partial charge is 0.548 e. The average molecular weight is 369 g/mol. The van der Waals surface area contributed by atoms with Gasteiger partial charge in [0.15, 0.2) is 12.6 Å². The van der Waals surface area contributed by atoms with E-state index in [2.05, 4.69) is 29.5 Å². The molecule has 0 unspecified atom stereocenters. The van der Waals surface area contributed by atoms with E-state index < -0.39 is 29.9 Å². The Morgan fingerprint density at radius 2 is 1.73 bits per heavy atom. The quantitative estimate of drug-likeness (QED) is 0.202. The number of carbonyl (C=O) groups is 4. The number of carboxylic acid groups (broad SMARTS) is 1. The van der Waals surface area contributed by atoms with Gasteiger partial charge in [0.05, 0.1) is 12.0 Å². The summed E-state index contributed by atoms with van der Waals surface area (Å²) in [6.45, 7) is 10.0. The minimum atomic E-state index is -1.42. The second kappa shape index (κ2) is 11.8. The molecule has 0 aromatic heterocycles. The van der Waals surface area contributed by atoms with Crippen LogP contribution in [0.4, 0.5) is 0 Å². The van der Waals surface area contributed by atoms with Gasteiger partial charge in [-0.2, -0.15) is 0 Å². The summed E-state index contributed by atoms with van der Waals surface area (Å²) in [5.74, 6) is -3.00. The Morgan fingerprint density at radius 1 is 1.12 bits per heavy atom. The van der Waals surface area contributed by atoms with Crippen LogP contribution in [0.25, 0.3) is 0 Å². The third-order valence-electron chi connectivity index (χ3n) is 3.33. The van der Waals surface area contributed by atoms with Crippen LogP contribution in [-0.2, 0) is 23.9 Å². The fourth-order valence-corrected chi connectivity index (χ4v) is 1.74. The van der Waals surface area contributed by atoms with Crippen molar-refractivity contribution >= 4 is 23.8 Å². The molecule has 146 valence electrons. The number of carboxylic acids is 1. The molecule has 0 saturated carbocycles. The van der Waals surface area contributed by atoms with E-state index in [0.29, 0.717) is 25.0 Å². The fourth-order valence-electron chi connectivity index (χ4n) is 1.74. The van der Waals surface area contributed by atoms with Crippen molar-refractivity contribution in [1.82, 2.24) is 10.6 Å². The van der Waals surface area contributed by atoms with E-state index in [0.717, 1.165) is 0 Å². The van der Waals surface area contributed by atoms with E-state index >= 15 is 0 Å². The van der Waals surface area contributed by atoms with Crippen molar-refractivity contribution in [3.05, 3.63) is 24.3 Å². The summed E-state index contributed by atoms with van der Waals surface area (Å²) in [5, 5.41) is 16.1. The molecule has 9 nitrogen and oxygen atoms in total. The molecule has 0 rings (SSSR count). The highest BCUT2D eigenvalue weighted by atomic mass is 16.5. The summed E-state index contributed by atoms with van der Waals surface area (Å²) in [6, 6.07) is -2.16. The zero-order valence-corrected chi connectivity index (χ0v) is 15.3. The van der Waals surface area contributed by atoms with Crippen molar-refractivity contribution in [3.63, 3.8) is 0 Å². The van der Waals surface area contributed by atoms with E-state index in [1.54, 1.807) is 6.92 Å². The van der Waals surface area contributed by atoms with Crippen molar-refractivity contribution in [2.75, 3.05) is 13.2 Å². The molecule has 0 aromatic carbocycles. The molecule has 26 heavy (non-hydrogen) atoms. The van der Waals surface area contributed by atoms with Gasteiger partial charge in [0.25, 0.3) is 5.91 Å². The van der Waals surface area contributed by atoms with Gasteiger partial charge in [-0.3, -0.25) is 9.59 Å². The summed E-state index contributed by atoms with van der Waals surface area (Å²) in [6.07, 6.45) is 1.11. The van der Waals surface area contributed by atoms with Gasteiger partial charge in [0.2, 0.25) is 5.91 Å². The van der Waals surface area contributed by atoms with Crippen LogP contribution in [0, 0.1) is 0 Å². The number of aliphatic carboxylic acids is 1. The zero-order chi connectivity index (χ0) is 20.3. The second-order valence-electron chi connectivity index (χ2n) is 5.99. The molecule has 0 fully saturated rings. The normalized spacial score (nSPS) is 12.4. The molecule has 0 heterocycles. The standard InChI is InChI=1S/C17H27N3O6/c1-10(2)14(21)19-8-6-5-7-13(16(23)24)20-15(22)12(18)9-26-17(25)11(3)4/h12-13H,1,3,5-9,18H2,2,4H3,(H,19,21)(H,20,22)(H,23,24)/t12-,13-/m0/s1. The maximum Gasteiger partial charge on any atom is 0.333 e. The first-order valence-electron chi connectivity index (χ1n) is 8.16. The second-order valence-corrected chi connectivity index (χ2v) is 5.99. The van der Waals surface area contributed by atoms with Gasteiger partial charge in [0.1, 0.15) is 0 Å². The van der Waals surface area contributed by atoms with Crippen molar-refractivity contribution < 1.29 is 34.8 Å². The van der Waals surface area contributed by atoms with Crippen molar-refractivity contribution in [2.45, 2.75) is 45.2 Å². The van der Waals surface area contributed by atoms with Crippen LogP contribution in [0.3, 0.4) is 0 Å². The van der Waals surface area contributed by atoms with Crippen LogP contribution in [0.5, 0.6) is 0 Å². The highest BCUT2D eigenvalue weighted by molar-refractivity contribution is 5.92. The third kappa shape index (κ3) is 9.58. The fraction of sp³-hybridized carbons (Fsp3) is 0.529. The maximum atomic E-state index is 11.9. The van der Waals surface area contributed by atoms with Crippen LogP contribution < -0.4 is 21.5 Å². The van der Waals surface area contributed by atoms with E-state index in [-0.39, 0.29) is 24.5 Å². The van der Waals surface area contributed by atoms with Gasteiger partial charge >= 0.3 is 5.97 Å². The molecule has 0 aliphatic heterocycles. The number of nitrogens with one attached hydrogen (secondary N) is 2. The Bertz CT molecular complexity index is 573. The van der Waals surface area contributed by atoms with Gasteiger partial charge < -0.3 is 31.0 Å². The summed E-state index contributed by atoms with van der Waals surface area (Å²) in [5.41, 5.74) is 4.11. The van der Waals surface area contributed by atoms with Crippen LogP contribution in [0.15, 0.2) is 24.3 Å². The molecular weight excluding hydrogens is 342 g/mol. The van der Waals surface area contributed by atoms with Gasteiger partial charge in [-0.1, -0.05) is 13.2 Å². The number of quaternary nitrogens is 1. The first kappa shape index (κ1) is 23.3. The Morgan fingerprint density at radius 3 is 2.23 bits per heavy atom. The molecular formula is C17H27N3O6. The predicted molar refractivity (Wildman–Crippen MR) is 91.1 cm³/mol. The summed E-state index contributed by atoms with van der Waals surface area (Å²) in [4.78, 5) is 45.7. The Kier molecular flexibility index (Phi) is 10.6. The first-order valence-corrected chi connectivity index (χ1v) is 8.16. The minimum absolute atomic E-state index is 0.134. The number of esters is 1. The molecule has 0 spiro atoms. The van der Waals surface area contributed by atoms with E-state index in [4.69, 9.17) is 4.74 Å². The van der Waals surface area contributed by atoms with Crippen molar-refractivity contribution in [1.29, 1.82) is 0 Å². The van der Waals surface area contributed by atoms with Crippen molar-refractivity contribution in [2.24, 2.45) is 0 Å². The topological polar surface area (TPSA) is 152 Å². The number of rotatable bonds is 12. The lowest BCUT2D eigenvalue weighted by atomic mass is 10.1. The molecule has 0 radical (unpaired) electrons. The molecule has 0 aromatic rings. The molecule has 0 aliphatic carbocycles. The van der Waals surface area contributed by atoms with E-state index in [1.807, 2.05) is 0 Å².